The summed E-state index contributed by atoms with van der Waals surface area (Å²) in [4.78, 5) is 2.67. The summed E-state index contributed by atoms with van der Waals surface area (Å²) in [6, 6.07) is 0.882. The van der Waals surface area contributed by atoms with Crippen LogP contribution in [0.4, 0.5) is 0 Å². The van der Waals surface area contributed by atoms with Crippen molar-refractivity contribution in [3.63, 3.8) is 0 Å². The van der Waals surface area contributed by atoms with Crippen LogP contribution in [-0.2, 0) is 0 Å². The summed E-state index contributed by atoms with van der Waals surface area (Å²) >= 11 is 0. The highest BCUT2D eigenvalue weighted by Crippen LogP contribution is 2.29. The lowest BCUT2D eigenvalue weighted by Crippen LogP contribution is -2.30. The lowest BCUT2D eigenvalue weighted by molar-refractivity contribution is 0.259. The molecule has 0 radical (unpaired) electrons. The molecule has 0 aliphatic heterocycles. The van der Waals surface area contributed by atoms with E-state index in [4.69, 9.17) is 0 Å². The van der Waals surface area contributed by atoms with Crippen LogP contribution in [0.2, 0.25) is 0 Å². The van der Waals surface area contributed by atoms with Crippen LogP contribution in [0.1, 0.15) is 45.4 Å². The second kappa shape index (κ2) is 5.86. The molecule has 0 aromatic carbocycles. The van der Waals surface area contributed by atoms with Crippen molar-refractivity contribution in [3.05, 3.63) is 0 Å². The molecule has 15 heavy (non-hydrogen) atoms. The summed E-state index contributed by atoms with van der Waals surface area (Å²) in [5.41, 5.74) is 0. The predicted octanol–water partition coefficient (Wildman–Crippen LogP) is 2.25. The predicted molar refractivity (Wildman–Crippen MR) is 65.1 cm³/mol. The Morgan fingerprint density at radius 2 is 1.93 bits per heavy atom. The van der Waals surface area contributed by atoms with Gasteiger partial charge in [-0.15, -0.1) is 0 Å². The fraction of sp³-hybridized carbons (Fsp3) is 1.00. The van der Waals surface area contributed by atoms with Gasteiger partial charge in [-0.2, -0.15) is 0 Å². The molecular formula is C13H26N2. The van der Waals surface area contributed by atoms with Crippen molar-refractivity contribution in [2.45, 2.75) is 51.5 Å². The van der Waals surface area contributed by atoms with E-state index in [0.717, 1.165) is 12.0 Å². The van der Waals surface area contributed by atoms with Gasteiger partial charge in [0.2, 0.25) is 0 Å². The largest absolute Gasteiger partial charge is 0.314 e. The molecule has 2 rings (SSSR count). The van der Waals surface area contributed by atoms with Crippen molar-refractivity contribution < 1.29 is 0 Å². The van der Waals surface area contributed by atoms with Crippen LogP contribution >= 0.6 is 0 Å². The van der Waals surface area contributed by atoms with Crippen molar-refractivity contribution in [1.82, 2.24) is 10.2 Å². The molecule has 0 saturated heterocycles. The third-order valence-corrected chi connectivity index (χ3v) is 3.41. The molecule has 2 fully saturated rings. The number of rotatable bonds is 9. The van der Waals surface area contributed by atoms with Crippen LogP contribution in [-0.4, -0.2) is 37.1 Å². The average Bonchev–Trinajstić information content (AvgIpc) is 3.07. The van der Waals surface area contributed by atoms with E-state index >= 15 is 0 Å². The molecule has 0 atom stereocenters. The van der Waals surface area contributed by atoms with E-state index in [1.54, 1.807) is 0 Å². The standard InChI is InChI=1S/C13H26N2/c1-2-9-15(11-12-4-5-12)10-3-8-14-13-6-7-13/h12-14H,2-11H2,1H3. The molecule has 2 heteroatoms. The third kappa shape index (κ3) is 4.98. The Labute approximate surface area is 94.4 Å². The van der Waals surface area contributed by atoms with Crippen LogP contribution in [0, 0.1) is 5.92 Å². The molecule has 2 aliphatic rings. The van der Waals surface area contributed by atoms with Gasteiger partial charge < -0.3 is 10.2 Å². The van der Waals surface area contributed by atoms with Gasteiger partial charge in [0.15, 0.2) is 0 Å². The Kier molecular flexibility index (Phi) is 4.45. The smallest absolute Gasteiger partial charge is 0.00682 e. The molecule has 1 N–H and O–H groups in total. The maximum absolute atomic E-state index is 3.60. The summed E-state index contributed by atoms with van der Waals surface area (Å²) in [5, 5.41) is 3.60. The molecular weight excluding hydrogens is 184 g/mol. The molecule has 0 spiro atoms. The second-order valence-electron chi connectivity index (χ2n) is 5.33. The van der Waals surface area contributed by atoms with E-state index in [2.05, 4.69) is 17.1 Å². The second-order valence-corrected chi connectivity index (χ2v) is 5.33. The first kappa shape index (κ1) is 11.4. The van der Waals surface area contributed by atoms with Crippen molar-refractivity contribution >= 4 is 0 Å². The van der Waals surface area contributed by atoms with E-state index < -0.39 is 0 Å². The van der Waals surface area contributed by atoms with Gasteiger partial charge in [0.05, 0.1) is 0 Å². The number of hydrogen-bond acceptors (Lipinski definition) is 2. The van der Waals surface area contributed by atoms with E-state index in [-0.39, 0.29) is 0 Å². The zero-order valence-electron chi connectivity index (χ0n) is 10.2. The summed E-state index contributed by atoms with van der Waals surface area (Å²) in [5.74, 6) is 1.05. The van der Waals surface area contributed by atoms with Crippen LogP contribution in [0.15, 0.2) is 0 Å². The maximum Gasteiger partial charge on any atom is 0.00682 e. The summed E-state index contributed by atoms with van der Waals surface area (Å²) in [6.07, 6.45) is 8.45. The van der Waals surface area contributed by atoms with Gasteiger partial charge in [0.25, 0.3) is 0 Å². The Hall–Kier alpha value is -0.0800. The Bertz CT molecular complexity index is 173. The average molecular weight is 210 g/mol. The van der Waals surface area contributed by atoms with Crippen LogP contribution in [0.25, 0.3) is 0 Å². The first-order chi connectivity index (χ1) is 7.38. The Morgan fingerprint density at radius 1 is 1.13 bits per heavy atom. The highest BCUT2D eigenvalue weighted by atomic mass is 15.1. The van der Waals surface area contributed by atoms with E-state index in [0.29, 0.717) is 0 Å². The van der Waals surface area contributed by atoms with Gasteiger partial charge in [-0.25, -0.2) is 0 Å². The minimum absolute atomic E-state index is 0.882. The maximum atomic E-state index is 3.60. The molecule has 2 aliphatic carbocycles. The van der Waals surface area contributed by atoms with Gasteiger partial charge in [0.1, 0.15) is 0 Å². The summed E-state index contributed by atoms with van der Waals surface area (Å²) < 4.78 is 0. The van der Waals surface area contributed by atoms with E-state index in [1.807, 2.05) is 0 Å². The number of nitrogens with zero attached hydrogens (tertiary/aromatic N) is 1. The normalized spacial score (nSPS) is 21.2. The van der Waals surface area contributed by atoms with Crippen molar-refractivity contribution in [3.8, 4) is 0 Å². The molecule has 0 amide bonds. The molecule has 2 saturated carbocycles. The first-order valence-corrected chi connectivity index (χ1v) is 6.84. The molecule has 88 valence electrons. The number of nitrogens with one attached hydrogen (secondary N) is 1. The first-order valence-electron chi connectivity index (χ1n) is 6.84. The third-order valence-electron chi connectivity index (χ3n) is 3.41. The molecule has 2 nitrogen and oxygen atoms in total. The monoisotopic (exact) mass is 210 g/mol. The lowest BCUT2D eigenvalue weighted by Gasteiger charge is -2.21. The zero-order valence-corrected chi connectivity index (χ0v) is 10.2. The van der Waals surface area contributed by atoms with Crippen LogP contribution in [0.5, 0.6) is 0 Å². The van der Waals surface area contributed by atoms with Crippen molar-refractivity contribution in [1.29, 1.82) is 0 Å². The van der Waals surface area contributed by atoms with Crippen LogP contribution in [0.3, 0.4) is 0 Å². The fourth-order valence-electron chi connectivity index (χ4n) is 2.17. The Morgan fingerprint density at radius 3 is 2.53 bits per heavy atom. The topological polar surface area (TPSA) is 15.3 Å². The van der Waals surface area contributed by atoms with E-state index in [1.165, 1.54) is 64.7 Å². The fourth-order valence-corrected chi connectivity index (χ4v) is 2.17. The lowest BCUT2D eigenvalue weighted by atomic mass is 10.3. The summed E-state index contributed by atoms with van der Waals surface area (Å²) in [7, 11) is 0. The van der Waals surface area contributed by atoms with Crippen molar-refractivity contribution in [2.75, 3.05) is 26.2 Å². The molecule has 0 heterocycles. The minimum atomic E-state index is 0.882. The summed E-state index contributed by atoms with van der Waals surface area (Å²) in [6.45, 7) is 7.51. The number of hydrogen-bond donors (Lipinski definition) is 1. The highest BCUT2D eigenvalue weighted by Gasteiger charge is 2.24. The van der Waals surface area contributed by atoms with Gasteiger partial charge in [-0.1, -0.05) is 6.92 Å². The zero-order chi connectivity index (χ0) is 10.5. The van der Waals surface area contributed by atoms with Gasteiger partial charge in [-0.3, -0.25) is 0 Å². The highest BCUT2D eigenvalue weighted by molar-refractivity contribution is 4.81. The van der Waals surface area contributed by atoms with Gasteiger partial charge in [0, 0.05) is 12.6 Å². The molecule has 0 aromatic rings. The van der Waals surface area contributed by atoms with Gasteiger partial charge >= 0.3 is 0 Å². The van der Waals surface area contributed by atoms with Gasteiger partial charge in [-0.05, 0) is 64.1 Å². The molecule has 0 aromatic heterocycles. The Balaban J connectivity index is 1.50. The van der Waals surface area contributed by atoms with Crippen molar-refractivity contribution in [2.24, 2.45) is 5.92 Å². The minimum Gasteiger partial charge on any atom is -0.314 e. The van der Waals surface area contributed by atoms with E-state index in [9.17, 15) is 0 Å². The molecule has 0 unspecified atom stereocenters. The van der Waals surface area contributed by atoms with Crippen LogP contribution < -0.4 is 5.32 Å². The SMILES string of the molecule is CCCN(CCCNC1CC1)CC1CC1. The quantitative estimate of drug-likeness (QED) is 0.587. The molecule has 0 bridgehead atoms.